The zero-order valence-electron chi connectivity index (χ0n) is 23.2. The van der Waals surface area contributed by atoms with Gasteiger partial charge >= 0.3 is 0 Å². The van der Waals surface area contributed by atoms with Gasteiger partial charge in [-0.05, 0) is 73.3 Å². The van der Waals surface area contributed by atoms with E-state index in [0.29, 0.717) is 58.1 Å². The van der Waals surface area contributed by atoms with Crippen LogP contribution < -0.4 is 15.9 Å². The summed E-state index contributed by atoms with van der Waals surface area (Å²) in [7, 11) is 1.59. The molecule has 2 N–H and O–H groups in total. The fourth-order valence-electron chi connectivity index (χ4n) is 4.94. The molecule has 1 aromatic heterocycles. The Morgan fingerprint density at radius 2 is 1.90 bits per heavy atom. The first-order chi connectivity index (χ1) is 19.1. The van der Waals surface area contributed by atoms with Crippen molar-refractivity contribution in [2.24, 2.45) is 11.7 Å². The molecule has 0 bridgehead atoms. The molecule has 1 atom stereocenters. The molecule has 0 aliphatic rings. The van der Waals surface area contributed by atoms with E-state index in [4.69, 9.17) is 26.5 Å². The Morgan fingerprint density at radius 3 is 2.58 bits per heavy atom. The Bertz CT molecular complexity index is 1580. The number of nitrogens with zero attached hydrogens (tertiary/aromatic N) is 1. The van der Waals surface area contributed by atoms with Crippen LogP contribution in [0, 0.1) is 18.7 Å². The molecule has 0 aliphatic heterocycles. The normalized spacial score (nSPS) is 12.1. The minimum Gasteiger partial charge on any atom is -0.497 e. The Labute approximate surface area is 238 Å². The highest BCUT2D eigenvalue weighted by Gasteiger charge is 2.34. The van der Waals surface area contributed by atoms with Crippen LogP contribution in [0.15, 0.2) is 69.9 Å². The molecule has 0 spiro atoms. The maximum absolute atomic E-state index is 14.5. The summed E-state index contributed by atoms with van der Waals surface area (Å²) in [6.07, 6.45) is 0.771. The number of hydrogen-bond donors (Lipinski definition) is 1. The van der Waals surface area contributed by atoms with Gasteiger partial charge in [0.25, 0.3) is 5.91 Å². The number of carbonyl (C=O) groups excluding carboxylic acids is 1. The molecule has 1 heterocycles. The molecule has 0 saturated carbocycles. The Balaban J connectivity index is 1.94. The van der Waals surface area contributed by atoms with E-state index < -0.39 is 11.9 Å². The van der Waals surface area contributed by atoms with Crippen LogP contribution in [0.2, 0.25) is 5.02 Å². The minimum atomic E-state index is -0.639. The number of halogens is 2. The zero-order valence-corrected chi connectivity index (χ0v) is 23.9. The van der Waals surface area contributed by atoms with Crippen LogP contribution in [0.1, 0.15) is 59.1 Å². The lowest BCUT2D eigenvalue weighted by molar-refractivity contribution is 0.0587. The molecule has 4 rings (SSSR count). The van der Waals surface area contributed by atoms with Gasteiger partial charge in [-0.3, -0.25) is 9.59 Å². The minimum absolute atomic E-state index is 0.166. The fraction of sp³-hybridized carbons (Fsp3) is 0.312. The summed E-state index contributed by atoms with van der Waals surface area (Å²) in [5, 5.41) is 0.823. The van der Waals surface area contributed by atoms with Crippen LogP contribution in [-0.4, -0.2) is 31.0 Å². The molecule has 4 aromatic rings. The topological polar surface area (TPSA) is 85.8 Å². The van der Waals surface area contributed by atoms with E-state index in [9.17, 15) is 14.0 Å². The largest absolute Gasteiger partial charge is 0.497 e. The van der Waals surface area contributed by atoms with Gasteiger partial charge in [0.15, 0.2) is 5.43 Å². The molecule has 0 aliphatic carbocycles. The number of aryl methyl sites for hydroxylation is 1. The SMILES string of the molecule is COc1cccc(Cc2c(C(C(C)C)N(CCCN)C(=O)c3ccc(C)c(F)c3)oc3cc(Cl)ccc3c2=O)c1. The Morgan fingerprint density at radius 1 is 1.12 bits per heavy atom. The number of ether oxygens (including phenoxy) is 1. The number of amides is 1. The van der Waals surface area contributed by atoms with Crippen LogP contribution >= 0.6 is 11.6 Å². The molecular formula is C32H34ClFN2O4. The van der Waals surface area contributed by atoms with Crippen molar-refractivity contribution in [1.82, 2.24) is 4.90 Å². The first-order valence-corrected chi connectivity index (χ1v) is 13.7. The Kier molecular flexibility index (Phi) is 9.28. The number of nitrogens with two attached hydrogens (primary N) is 1. The van der Waals surface area contributed by atoms with Crippen molar-refractivity contribution >= 4 is 28.5 Å². The lowest BCUT2D eigenvalue weighted by Gasteiger charge is -2.35. The average Bonchev–Trinajstić information content (AvgIpc) is 2.93. The highest BCUT2D eigenvalue weighted by molar-refractivity contribution is 6.31. The highest BCUT2D eigenvalue weighted by atomic mass is 35.5. The van der Waals surface area contributed by atoms with Crippen molar-refractivity contribution < 1.29 is 18.3 Å². The van der Waals surface area contributed by atoms with E-state index in [2.05, 4.69) is 0 Å². The van der Waals surface area contributed by atoms with Gasteiger partial charge in [-0.25, -0.2) is 4.39 Å². The van der Waals surface area contributed by atoms with Crippen molar-refractivity contribution in [3.8, 4) is 5.75 Å². The van der Waals surface area contributed by atoms with Crippen molar-refractivity contribution in [2.45, 2.75) is 39.7 Å². The molecule has 8 heteroatoms. The van der Waals surface area contributed by atoms with Crippen molar-refractivity contribution in [3.05, 3.63) is 110 Å². The third-order valence-corrected chi connectivity index (χ3v) is 7.25. The smallest absolute Gasteiger partial charge is 0.254 e. The highest BCUT2D eigenvalue weighted by Crippen LogP contribution is 2.35. The molecule has 40 heavy (non-hydrogen) atoms. The zero-order chi connectivity index (χ0) is 29.0. The van der Waals surface area contributed by atoms with Gasteiger partial charge in [0.2, 0.25) is 0 Å². The van der Waals surface area contributed by atoms with E-state index in [1.807, 2.05) is 38.1 Å². The van der Waals surface area contributed by atoms with Gasteiger partial charge in [0.1, 0.15) is 22.9 Å². The molecule has 210 valence electrons. The standard InChI is InChI=1S/C32H34ClFN2O4/c1-19(2)29(36(14-6-13-35)32(38)22-10-9-20(3)27(34)17-22)31-26(16-21-7-5-8-24(15-21)39-4)30(37)25-12-11-23(33)18-28(25)40-31/h5,7-12,15,17-19,29H,6,13-14,16,35H2,1-4H3. The van der Waals surface area contributed by atoms with Crippen molar-refractivity contribution in [2.75, 3.05) is 20.2 Å². The van der Waals surface area contributed by atoms with Crippen LogP contribution in [0.4, 0.5) is 4.39 Å². The van der Waals surface area contributed by atoms with Gasteiger partial charge in [0.05, 0.1) is 18.5 Å². The molecule has 1 unspecified atom stereocenters. The molecule has 6 nitrogen and oxygen atoms in total. The Hall–Kier alpha value is -3.68. The summed E-state index contributed by atoms with van der Waals surface area (Å²) in [4.78, 5) is 29.6. The number of fused-ring (bicyclic) bond motifs is 1. The quantitative estimate of drug-likeness (QED) is 0.232. The number of carbonyl (C=O) groups is 1. The second kappa shape index (κ2) is 12.7. The maximum atomic E-state index is 14.5. The van der Waals surface area contributed by atoms with E-state index >= 15 is 0 Å². The van der Waals surface area contributed by atoms with Crippen LogP contribution in [-0.2, 0) is 6.42 Å². The second-order valence-electron chi connectivity index (χ2n) is 10.2. The van der Waals surface area contributed by atoms with Crippen LogP contribution in [0.5, 0.6) is 5.75 Å². The van der Waals surface area contributed by atoms with Crippen LogP contribution in [0.3, 0.4) is 0 Å². The average molecular weight is 565 g/mol. The third kappa shape index (κ3) is 6.21. The summed E-state index contributed by atoms with van der Waals surface area (Å²) in [6, 6.07) is 16.2. The van der Waals surface area contributed by atoms with E-state index in [0.717, 1.165) is 5.56 Å². The summed E-state index contributed by atoms with van der Waals surface area (Å²) in [5.74, 6) is 0.0394. The molecule has 1 amide bonds. The number of hydrogen-bond acceptors (Lipinski definition) is 5. The molecule has 3 aromatic carbocycles. The van der Waals surface area contributed by atoms with Gasteiger partial charge in [-0.15, -0.1) is 0 Å². The van der Waals surface area contributed by atoms with Gasteiger partial charge in [-0.1, -0.05) is 43.6 Å². The van der Waals surface area contributed by atoms with Gasteiger partial charge in [-0.2, -0.15) is 0 Å². The number of methoxy groups -OCH3 is 1. The first-order valence-electron chi connectivity index (χ1n) is 13.3. The molecule has 0 fully saturated rings. The van der Waals surface area contributed by atoms with E-state index in [1.165, 1.54) is 6.07 Å². The van der Waals surface area contributed by atoms with Gasteiger partial charge < -0.3 is 19.8 Å². The predicted molar refractivity (Wildman–Crippen MR) is 157 cm³/mol. The summed E-state index contributed by atoms with van der Waals surface area (Å²) in [5.41, 5.74) is 7.93. The monoisotopic (exact) mass is 564 g/mol. The summed E-state index contributed by atoms with van der Waals surface area (Å²) in [6.45, 7) is 6.21. The lowest BCUT2D eigenvalue weighted by Crippen LogP contribution is -2.40. The predicted octanol–water partition coefficient (Wildman–Crippen LogP) is 6.68. The van der Waals surface area contributed by atoms with Crippen molar-refractivity contribution in [3.63, 3.8) is 0 Å². The summed E-state index contributed by atoms with van der Waals surface area (Å²) >= 11 is 6.27. The lowest BCUT2D eigenvalue weighted by atomic mass is 9.91. The first kappa shape index (κ1) is 29.3. The summed E-state index contributed by atoms with van der Waals surface area (Å²) < 4.78 is 26.4. The van der Waals surface area contributed by atoms with Gasteiger partial charge in [0, 0.05) is 35.2 Å². The fourth-order valence-corrected chi connectivity index (χ4v) is 5.10. The van der Waals surface area contributed by atoms with E-state index in [-0.39, 0.29) is 29.2 Å². The molecule has 0 saturated heterocycles. The van der Waals surface area contributed by atoms with Crippen LogP contribution in [0.25, 0.3) is 11.0 Å². The maximum Gasteiger partial charge on any atom is 0.254 e. The molecule has 0 radical (unpaired) electrons. The van der Waals surface area contributed by atoms with E-state index in [1.54, 1.807) is 49.3 Å². The number of benzene rings is 3. The molecular weight excluding hydrogens is 531 g/mol. The second-order valence-corrected chi connectivity index (χ2v) is 10.7. The number of rotatable bonds is 10. The van der Waals surface area contributed by atoms with Crippen molar-refractivity contribution in [1.29, 1.82) is 0 Å². The third-order valence-electron chi connectivity index (χ3n) is 7.01.